The van der Waals surface area contributed by atoms with Gasteiger partial charge in [0.25, 0.3) is 0 Å². The lowest BCUT2D eigenvalue weighted by molar-refractivity contribution is -0.160. The van der Waals surface area contributed by atoms with E-state index in [1.807, 2.05) is 18.2 Å². The van der Waals surface area contributed by atoms with Crippen LogP contribution >= 0.6 is 0 Å². The number of nitrogens with zero attached hydrogens (tertiary/aromatic N) is 1. The van der Waals surface area contributed by atoms with Gasteiger partial charge in [0.2, 0.25) is 0 Å². The Morgan fingerprint density at radius 3 is 2.23 bits per heavy atom. The first-order chi connectivity index (χ1) is 10.4. The molecule has 0 aromatic heterocycles. The molecule has 0 amide bonds. The van der Waals surface area contributed by atoms with Gasteiger partial charge in [-0.15, -0.1) is 0 Å². The van der Waals surface area contributed by atoms with Gasteiger partial charge in [-0.1, -0.05) is 58.0 Å². The van der Waals surface area contributed by atoms with E-state index in [-0.39, 0.29) is 11.4 Å². The molecule has 1 saturated carbocycles. The molecule has 22 heavy (non-hydrogen) atoms. The van der Waals surface area contributed by atoms with Crippen LogP contribution in [0, 0.1) is 5.41 Å². The van der Waals surface area contributed by atoms with Crippen molar-refractivity contribution in [3.05, 3.63) is 35.9 Å². The average molecular weight is 303 g/mol. The molecule has 3 nitrogen and oxygen atoms in total. The molecule has 1 fully saturated rings. The van der Waals surface area contributed by atoms with Crippen LogP contribution in [-0.2, 0) is 14.9 Å². The highest BCUT2D eigenvalue weighted by molar-refractivity contribution is 5.85. The molecule has 3 heteroatoms. The summed E-state index contributed by atoms with van der Waals surface area (Å²) in [6.45, 7) is 12.0. The number of esters is 1. The van der Waals surface area contributed by atoms with E-state index in [4.69, 9.17) is 4.74 Å². The van der Waals surface area contributed by atoms with Crippen molar-refractivity contribution in [1.29, 1.82) is 0 Å². The minimum absolute atomic E-state index is 0.0508. The summed E-state index contributed by atoms with van der Waals surface area (Å²) in [5.74, 6) is -0.0508. The van der Waals surface area contributed by atoms with E-state index in [9.17, 15) is 4.79 Å². The van der Waals surface area contributed by atoms with Crippen LogP contribution in [0.5, 0.6) is 0 Å². The minimum Gasteiger partial charge on any atom is -0.464 e. The summed E-state index contributed by atoms with van der Waals surface area (Å²) in [5, 5.41) is 0. The van der Waals surface area contributed by atoms with Gasteiger partial charge in [-0.2, -0.15) is 0 Å². The van der Waals surface area contributed by atoms with Crippen LogP contribution in [-0.4, -0.2) is 37.1 Å². The number of benzene rings is 1. The van der Waals surface area contributed by atoms with Gasteiger partial charge in [-0.05, 0) is 36.9 Å². The number of hydrogen-bond acceptors (Lipinski definition) is 3. The summed E-state index contributed by atoms with van der Waals surface area (Å²) in [4.78, 5) is 15.0. The summed E-state index contributed by atoms with van der Waals surface area (Å²) >= 11 is 0. The number of carbonyl (C=O) groups is 1. The van der Waals surface area contributed by atoms with Gasteiger partial charge in [0, 0.05) is 6.54 Å². The number of carbonyl (C=O) groups excluding carboxylic acids is 1. The molecule has 0 heterocycles. The van der Waals surface area contributed by atoms with Crippen LogP contribution in [0.2, 0.25) is 0 Å². The second-order valence-corrected chi connectivity index (χ2v) is 7.13. The SMILES string of the molecule is CCN(CC)CCOC(=O)C1(c2ccccc2)CC(C)(C)C1. The Morgan fingerprint density at radius 1 is 1.14 bits per heavy atom. The van der Waals surface area contributed by atoms with Crippen LogP contribution in [0.4, 0.5) is 0 Å². The van der Waals surface area contributed by atoms with Crippen molar-refractivity contribution in [1.82, 2.24) is 4.90 Å². The number of hydrogen-bond donors (Lipinski definition) is 0. The largest absolute Gasteiger partial charge is 0.464 e. The van der Waals surface area contributed by atoms with Crippen LogP contribution < -0.4 is 0 Å². The fraction of sp³-hybridized carbons (Fsp3) is 0.632. The fourth-order valence-electron chi connectivity index (χ4n) is 3.75. The van der Waals surface area contributed by atoms with Crippen molar-refractivity contribution in [3.63, 3.8) is 0 Å². The van der Waals surface area contributed by atoms with Crippen molar-refractivity contribution in [2.75, 3.05) is 26.2 Å². The number of likely N-dealkylation sites (N-methyl/N-ethyl adjacent to an activating group) is 1. The standard InChI is InChI=1S/C19H29NO2/c1-5-20(6-2)12-13-22-17(21)19(14-18(3,4)15-19)16-10-8-7-9-11-16/h7-11H,5-6,12-15H2,1-4H3. The first kappa shape index (κ1) is 17.0. The summed E-state index contributed by atoms with van der Waals surface area (Å²) < 4.78 is 5.65. The van der Waals surface area contributed by atoms with Gasteiger partial charge in [0.1, 0.15) is 6.61 Å². The monoisotopic (exact) mass is 303 g/mol. The normalized spacial score (nSPS) is 18.8. The van der Waals surface area contributed by atoms with Crippen LogP contribution in [0.15, 0.2) is 30.3 Å². The van der Waals surface area contributed by atoms with Crippen LogP contribution in [0.3, 0.4) is 0 Å². The zero-order chi connectivity index (χ0) is 16.2. The molecule has 0 radical (unpaired) electrons. The highest BCUT2D eigenvalue weighted by Gasteiger charge is 2.56. The molecule has 1 aliphatic rings. The highest BCUT2D eigenvalue weighted by Crippen LogP contribution is 2.55. The topological polar surface area (TPSA) is 29.5 Å². The van der Waals surface area contributed by atoms with Gasteiger partial charge in [-0.25, -0.2) is 0 Å². The van der Waals surface area contributed by atoms with E-state index >= 15 is 0 Å². The van der Waals surface area contributed by atoms with Crippen molar-refractivity contribution in [2.24, 2.45) is 5.41 Å². The van der Waals surface area contributed by atoms with E-state index in [0.29, 0.717) is 6.61 Å². The highest BCUT2D eigenvalue weighted by atomic mass is 16.5. The van der Waals surface area contributed by atoms with E-state index in [2.05, 4.69) is 44.7 Å². The fourth-order valence-corrected chi connectivity index (χ4v) is 3.75. The maximum absolute atomic E-state index is 12.8. The van der Waals surface area contributed by atoms with Gasteiger partial charge < -0.3 is 9.64 Å². The van der Waals surface area contributed by atoms with Crippen molar-refractivity contribution < 1.29 is 9.53 Å². The third-order valence-corrected chi connectivity index (χ3v) is 4.81. The molecular weight excluding hydrogens is 274 g/mol. The smallest absolute Gasteiger partial charge is 0.316 e. The molecule has 0 bridgehead atoms. The molecule has 1 aliphatic carbocycles. The first-order valence-corrected chi connectivity index (χ1v) is 8.38. The Labute approximate surface area is 134 Å². The van der Waals surface area contributed by atoms with E-state index in [0.717, 1.165) is 38.0 Å². The maximum Gasteiger partial charge on any atom is 0.316 e. The zero-order valence-electron chi connectivity index (χ0n) is 14.4. The molecular formula is C19H29NO2. The molecule has 0 spiro atoms. The second kappa shape index (κ2) is 6.82. The molecule has 1 aromatic carbocycles. The summed E-state index contributed by atoms with van der Waals surface area (Å²) in [6.07, 6.45) is 1.74. The Kier molecular flexibility index (Phi) is 5.28. The second-order valence-electron chi connectivity index (χ2n) is 7.13. The lowest BCUT2D eigenvalue weighted by Crippen LogP contribution is -2.53. The number of rotatable bonds is 7. The Balaban J connectivity index is 2.03. The van der Waals surface area contributed by atoms with Gasteiger partial charge in [-0.3, -0.25) is 4.79 Å². The van der Waals surface area contributed by atoms with Crippen molar-refractivity contribution in [2.45, 2.75) is 46.0 Å². The van der Waals surface area contributed by atoms with E-state index in [1.165, 1.54) is 0 Å². The minimum atomic E-state index is -0.436. The Morgan fingerprint density at radius 2 is 1.73 bits per heavy atom. The van der Waals surface area contributed by atoms with E-state index < -0.39 is 5.41 Å². The summed E-state index contributed by atoms with van der Waals surface area (Å²) in [7, 11) is 0. The lowest BCUT2D eigenvalue weighted by atomic mass is 9.52. The van der Waals surface area contributed by atoms with Crippen molar-refractivity contribution in [3.8, 4) is 0 Å². The number of ether oxygens (including phenoxy) is 1. The molecule has 0 aliphatic heterocycles. The Bertz CT molecular complexity index is 483. The first-order valence-electron chi connectivity index (χ1n) is 8.38. The quantitative estimate of drug-likeness (QED) is 0.720. The van der Waals surface area contributed by atoms with Crippen LogP contribution in [0.25, 0.3) is 0 Å². The molecule has 1 aromatic rings. The average Bonchev–Trinajstić information content (AvgIpc) is 2.49. The van der Waals surface area contributed by atoms with Gasteiger partial charge in [0.15, 0.2) is 0 Å². The molecule has 0 unspecified atom stereocenters. The van der Waals surface area contributed by atoms with Crippen molar-refractivity contribution >= 4 is 5.97 Å². The summed E-state index contributed by atoms with van der Waals surface area (Å²) in [6, 6.07) is 10.1. The molecule has 122 valence electrons. The van der Waals surface area contributed by atoms with Crippen LogP contribution in [0.1, 0.15) is 46.1 Å². The van der Waals surface area contributed by atoms with Gasteiger partial charge >= 0.3 is 5.97 Å². The van der Waals surface area contributed by atoms with Gasteiger partial charge in [0.05, 0.1) is 5.41 Å². The third-order valence-electron chi connectivity index (χ3n) is 4.81. The lowest BCUT2D eigenvalue weighted by Gasteiger charge is -2.51. The zero-order valence-corrected chi connectivity index (χ0v) is 14.4. The maximum atomic E-state index is 12.8. The third kappa shape index (κ3) is 3.52. The molecule has 0 N–H and O–H groups in total. The Hall–Kier alpha value is -1.35. The predicted molar refractivity (Wildman–Crippen MR) is 89.9 cm³/mol. The predicted octanol–water partition coefficient (Wildman–Crippen LogP) is 3.63. The van der Waals surface area contributed by atoms with E-state index in [1.54, 1.807) is 0 Å². The molecule has 0 saturated heterocycles. The summed E-state index contributed by atoms with van der Waals surface area (Å²) in [5.41, 5.74) is 0.879. The molecule has 2 rings (SSSR count). The molecule has 0 atom stereocenters.